The zero-order chi connectivity index (χ0) is 20.3. The summed E-state index contributed by atoms with van der Waals surface area (Å²) in [7, 11) is 4.23. The minimum absolute atomic E-state index is 0. The predicted molar refractivity (Wildman–Crippen MR) is 118 cm³/mol. The third kappa shape index (κ3) is 11.0. The summed E-state index contributed by atoms with van der Waals surface area (Å²) in [5.74, 6) is 1.38. The molecule has 2 rings (SSSR count). The molecule has 2 aliphatic carbocycles. The third-order valence-electron chi connectivity index (χ3n) is 4.54. The second kappa shape index (κ2) is 15.3. The molecule has 2 fully saturated rings. The number of hydrogen-bond donors (Lipinski definition) is 0. The number of allylic oxidation sites excluding steroid dienone is 2. The van der Waals surface area contributed by atoms with Crippen molar-refractivity contribution in [1.29, 1.82) is 0 Å². The maximum Gasteiger partial charge on any atom is 2.00 e. The summed E-state index contributed by atoms with van der Waals surface area (Å²) in [6.07, 6.45) is 22.7. The Balaban J connectivity index is 0.00000105. The average Bonchev–Trinajstić information content (AvgIpc) is 3.33. The van der Waals surface area contributed by atoms with Crippen LogP contribution in [0, 0.1) is 62.1 Å². The molecule has 0 amide bonds. The molecule has 0 N–H and O–H groups in total. The molecule has 2 saturated carbocycles. The van der Waals surface area contributed by atoms with E-state index in [1.165, 1.54) is 16.3 Å². The fourth-order valence-corrected chi connectivity index (χ4v) is 4.29. The van der Waals surface area contributed by atoms with E-state index in [2.05, 4.69) is 78.6 Å². The Morgan fingerprint density at radius 2 is 1.71 bits per heavy atom. The standard InChI is InChI=1S/C19H30NOSe.C5H5.Fe/c1-8-19(5,14-10-11-15(2)3)21-22-18-13-9-12-17(18)16(4)20(6)7;1-2-4-5-3-1;/h8-9,11-13,16H,1,10,14H2,2-7H3;1-5H;/q;;+2/t16-,19-;;/m0../s1. The van der Waals surface area contributed by atoms with Crippen molar-refractivity contribution in [2.24, 2.45) is 0 Å². The molecule has 154 valence electrons. The van der Waals surface area contributed by atoms with E-state index in [0.29, 0.717) is 6.04 Å². The molecule has 0 bridgehead atoms. The first-order valence-electron chi connectivity index (χ1n) is 9.50. The van der Waals surface area contributed by atoms with Gasteiger partial charge in [0.25, 0.3) is 0 Å². The molecule has 0 aromatic carbocycles. The zero-order valence-electron chi connectivity index (χ0n) is 18.1. The first-order chi connectivity index (χ1) is 12.8. The van der Waals surface area contributed by atoms with Crippen LogP contribution >= 0.6 is 0 Å². The van der Waals surface area contributed by atoms with E-state index in [4.69, 9.17) is 3.82 Å². The van der Waals surface area contributed by atoms with Crippen LogP contribution in [0.3, 0.4) is 0 Å². The molecule has 4 heteroatoms. The van der Waals surface area contributed by atoms with Gasteiger partial charge in [-0.25, -0.2) is 0 Å². The summed E-state index contributed by atoms with van der Waals surface area (Å²) in [5.41, 5.74) is 1.11. The van der Waals surface area contributed by atoms with Crippen LogP contribution < -0.4 is 0 Å². The quantitative estimate of drug-likeness (QED) is 0.334. The molecular weight excluding hydrogens is 453 g/mol. The van der Waals surface area contributed by atoms with E-state index in [-0.39, 0.29) is 38.0 Å². The van der Waals surface area contributed by atoms with Crippen LogP contribution in [0.5, 0.6) is 0 Å². The molecule has 2 aliphatic rings. The average molecular weight is 488 g/mol. The van der Waals surface area contributed by atoms with Gasteiger partial charge in [0.05, 0.1) is 0 Å². The summed E-state index contributed by atoms with van der Waals surface area (Å²) in [6.45, 7) is 12.6. The van der Waals surface area contributed by atoms with Crippen LogP contribution in [0.25, 0.3) is 0 Å². The molecule has 0 aromatic heterocycles. The van der Waals surface area contributed by atoms with Gasteiger partial charge in [0.2, 0.25) is 0 Å². The Hall–Kier alpha value is 0.439. The molecule has 0 spiro atoms. The van der Waals surface area contributed by atoms with Crippen LogP contribution in [0.2, 0.25) is 0 Å². The Labute approximate surface area is 193 Å². The van der Waals surface area contributed by atoms with Gasteiger partial charge in [0, 0.05) is 0 Å². The maximum atomic E-state index is 6.27. The van der Waals surface area contributed by atoms with Gasteiger partial charge in [-0.2, -0.15) is 0 Å². The summed E-state index contributed by atoms with van der Waals surface area (Å²) >= 11 is 0.0109. The minimum Gasteiger partial charge on any atom is -0.0312 e. The Bertz CT molecular complexity index is 438. The summed E-state index contributed by atoms with van der Waals surface area (Å²) < 4.78 is 6.27. The van der Waals surface area contributed by atoms with Crippen LogP contribution in [0.15, 0.2) is 24.3 Å². The maximum absolute atomic E-state index is 6.27. The van der Waals surface area contributed by atoms with Crippen molar-refractivity contribution < 1.29 is 20.9 Å². The van der Waals surface area contributed by atoms with Gasteiger partial charge in [0.15, 0.2) is 0 Å². The van der Waals surface area contributed by atoms with Gasteiger partial charge in [-0.15, -0.1) is 0 Å². The molecule has 0 aliphatic heterocycles. The fourth-order valence-electron chi connectivity index (χ4n) is 2.40. The minimum atomic E-state index is -0.248. The topological polar surface area (TPSA) is 12.5 Å². The van der Waals surface area contributed by atoms with Crippen molar-refractivity contribution in [2.45, 2.75) is 52.2 Å². The molecule has 0 unspecified atom stereocenters. The van der Waals surface area contributed by atoms with Crippen LogP contribution in [0.4, 0.5) is 0 Å². The summed E-state index contributed by atoms with van der Waals surface area (Å²) in [5, 5.41) is 0. The molecule has 0 aromatic rings. The largest absolute Gasteiger partial charge is 2.00 e. The van der Waals surface area contributed by atoms with Crippen LogP contribution in [-0.4, -0.2) is 45.9 Å². The van der Waals surface area contributed by atoms with Gasteiger partial charge < -0.3 is 0 Å². The monoisotopic (exact) mass is 489 g/mol. The van der Waals surface area contributed by atoms with Crippen molar-refractivity contribution in [1.82, 2.24) is 4.90 Å². The van der Waals surface area contributed by atoms with Gasteiger partial charge >= 0.3 is 162 Å². The van der Waals surface area contributed by atoms with E-state index >= 15 is 0 Å². The molecule has 2 nitrogen and oxygen atoms in total. The SMILES string of the molecule is C=C[C@@](C)(CCC=C(C)C)O[Se][C]1[CH][CH][CH][C]1[C@H](C)N(C)C.[CH]1[CH][CH][CH][CH]1.[Fe+2]. The van der Waals surface area contributed by atoms with E-state index in [1.54, 1.807) is 0 Å². The Kier molecular flexibility index (Phi) is 15.5. The molecule has 0 heterocycles. The van der Waals surface area contributed by atoms with Crippen molar-refractivity contribution in [3.8, 4) is 0 Å². The van der Waals surface area contributed by atoms with E-state index in [9.17, 15) is 0 Å². The van der Waals surface area contributed by atoms with Crippen LogP contribution in [0.1, 0.15) is 40.5 Å². The van der Waals surface area contributed by atoms with Gasteiger partial charge in [-0.3, -0.25) is 0 Å². The van der Waals surface area contributed by atoms with Gasteiger partial charge in [-0.1, -0.05) is 0 Å². The second-order valence-corrected chi connectivity index (χ2v) is 9.07. The van der Waals surface area contributed by atoms with Crippen molar-refractivity contribution >= 4 is 15.3 Å². The normalized spacial score (nSPS) is 20.7. The molecule has 28 heavy (non-hydrogen) atoms. The molecule has 2 atom stereocenters. The van der Waals surface area contributed by atoms with Gasteiger partial charge in [-0.05, 0) is 32.1 Å². The Morgan fingerprint density at radius 1 is 1.14 bits per heavy atom. The predicted octanol–water partition coefficient (Wildman–Crippen LogP) is 5.02. The summed E-state index contributed by atoms with van der Waals surface area (Å²) in [4.78, 5) is 3.57. The molecule has 0 saturated heterocycles. The second-order valence-electron chi connectivity index (χ2n) is 7.45. The molecular formula is C24H35FeNOSe+2. The van der Waals surface area contributed by atoms with E-state index < -0.39 is 0 Å². The Morgan fingerprint density at radius 3 is 2.18 bits per heavy atom. The zero-order valence-corrected chi connectivity index (χ0v) is 20.9. The van der Waals surface area contributed by atoms with E-state index in [0.717, 1.165) is 12.8 Å². The van der Waals surface area contributed by atoms with Crippen molar-refractivity contribution in [2.75, 3.05) is 14.1 Å². The fraction of sp³-hybridized carbons (Fsp3) is 0.417. The first kappa shape index (κ1) is 28.4. The number of nitrogens with zero attached hydrogens (tertiary/aromatic N) is 1. The first-order valence-corrected chi connectivity index (χ1v) is 11.1. The van der Waals surface area contributed by atoms with E-state index in [1.807, 2.05) is 38.2 Å². The third-order valence-corrected chi connectivity index (χ3v) is 6.67. The summed E-state index contributed by atoms with van der Waals surface area (Å²) in [6, 6.07) is 0.413. The number of hydrogen-bond acceptors (Lipinski definition) is 2. The van der Waals surface area contributed by atoms with Crippen molar-refractivity contribution in [3.63, 3.8) is 0 Å². The smallest absolute Gasteiger partial charge is 0.0312 e. The van der Waals surface area contributed by atoms with Gasteiger partial charge in [0.1, 0.15) is 0 Å². The van der Waals surface area contributed by atoms with Crippen molar-refractivity contribution in [3.05, 3.63) is 86.4 Å². The molecule has 10 radical (unpaired) electrons. The number of rotatable bonds is 9. The van der Waals surface area contributed by atoms with Crippen LogP contribution in [-0.2, 0) is 20.9 Å².